The van der Waals surface area contributed by atoms with Crippen molar-refractivity contribution in [1.82, 2.24) is 15.5 Å². The molecule has 0 radical (unpaired) electrons. The van der Waals surface area contributed by atoms with Crippen LogP contribution in [0.15, 0.2) is 6.07 Å². The second-order valence-corrected chi connectivity index (χ2v) is 3.44. The van der Waals surface area contributed by atoms with Crippen LogP contribution >= 0.6 is 0 Å². The zero-order valence-corrected chi connectivity index (χ0v) is 8.22. The van der Waals surface area contributed by atoms with Crippen LogP contribution in [0.25, 0.3) is 0 Å². The van der Waals surface area contributed by atoms with Gasteiger partial charge in [0, 0.05) is 11.7 Å². The highest BCUT2D eigenvalue weighted by Crippen LogP contribution is 1.98. The maximum absolute atomic E-state index is 11.3. The average molecular weight is 181 g/mol. The molecule has 0 bridgehead atoms. The smallest absolute Gasteiger partial charge is 0.226 e. The van der Waals surface area contributed by atoms with Crippen molar-refractivity contribution in [3.8, 4) is 0 Å². The zero-order chi connectivity index (χ0) is 9.84. The van der Waals surface area contributed by atoms with Crippen LogP contribution in [-0.4, -0.2) is 22.1 Å². The summed E-state index contributed by atoms with van der Waals surface area (Å²) in [4.78, 5) is 11.3. The Labute approximate surface area is 77.7 Å². The Bertz CT molecular complexity index is 291. The molecule has 0 aliphatic heterocycles. The van der Waals surface area contributed by atoms with Crippen molar-refractivity contribution >= 4 is 5.91 Å². The second kappa shape index (κ2) is 4.07. The number of hydrogen-bond acceptors (Lipinski definition) is 2. The minimum Gasteiger partial charge on any atom is -0.354 e. The lowest BCUT2D eigenvalue weighted by Crippen LogP contribution is -2.31. The Morgan fingerprint density at radius 1 is 1.69 bits per heavy atom. The van der Waals surface area contributed by atoms with Crippen molar-refractivity contribution in [1.29, 1.82) is 0 Å². The molecule has 0 aromatic carbocycles. The highest BCUT2D eigenvalue weighted by atomic mass is 16.1. The van der Waals surface area contributed by atoms with Crippen molar-refractivity contribution in [2.24, 2.45) is 0 Å². The molecule has 4 nitrogen and oxygen atoms in total. The molecule has 0 aliphatic carbocycles. The van der Waals surface area contributed by atoms with E-state index in [0.29, 0.717) is 6.42 Å². The molecule has 2 N–H and O–H groups in total. The summed E-state index contributed by atoms with van der Waals surface area (Å²) < 4.78 is 0. The molecule has 0 atom stereocenters. The van der Waals surface area contributed by atoms with Crippen LogP contribution in [0.3, 0.4) is 0 Å². The Kier molecular flexibility index (Phi) is 3.06. The van der Waals surface area contributed by atoms with Gasteiger partial charge in [-0.05, 0) is 26.8 Å². The number of carbonyl (C=O) groups is 1. The van der Waals surface area contributed by atoms with E-state index in [0.717, 1.165) is 11.4 Å². The summed E-state index contributed by atoms with van der Waals surface area (Å²) in [6.45, 7) is 5.79. The van der Waals surface area contributed by atoms with Gasteiger partial charge in [0.15, 0.2) is 0 Å². The number of aromatic nitrogens is 2. The van der Waals surface area contributed by atoms with E-state index in [1.54, 1.807) is 0 Å². The molecule has 1 amide bonds. The molecule has 0 aliphatic rings. The predicted molar refractivity (Wildman–Crippen MR) is 50.3 cm³/mol. The van der Waals surface area contributed by atoms with Gasteiger partial charge in [0.25, 0.3) is 0 Å². The molecule has 0 unspecified atom stereocenters. The van der Waals surface area contributed by atoms with E-state index in [1.807, 2.05) is 26.8 Å². The van der Waals surface area contributed by atoms with Crippen LogP contribution in [-0.2, 0) is 11.2 Å². The van der Waals surface area contributed by atoms with Gasteiger partial charge in [-0.15, -0.1) is 0 Å². The van der Waals surface area contributed by atoms with E-state index < -0.39 is 0 Å². The molecular weight excluding hydrogens is 166 g/mol. The van der Waals surface area contributed by atoms with Gasteiger partial charge in [-0.2, -0.15) is 5.10 Å². The number of aryl methyl sites for hydroxylation is 1. The number of amides is 1. The van der Waals surface area contributed by atoms with Crippen molar-refractivity contribution in [3.05, 3.63) is 17.5 Å². The Morgan fingerprint density at radius 2 is 2.38 bits per heavy atom. The Balaban J connectivity index is 2.45. The zero-order valence-electron chi connectivity index (χ0n) is 8.22. The molecule has 0 spiro atoms. The van der Waals surface area contributed by atoms with Crippen LogP contribution in [0.1, 0.15) is 25.2 Å². The topological polar surface area (TPSA) is 57.8 Å². The highest BCUT2D eigenvalue weighted by Gasteiger charge is 2.06. The van der Waals surface area contributed by atoms with E-state index in [1.165, 1.54) is 0 Å². The van der Waals surface area contributed by atoms with Crippen LogP contribution in [0.2, 0.25) is 0 Å². The first kappa shape index (κ1) is 9.77. The summed E-state index contributed by atoms with van der Waals surface area (Å²) in [5.41, 5.74) is 1.77. The van der Waals surface area contributed by atoms with E-state index in [2.05, 4.69) is 15.5 Å². The molecule has 4 heteroatoms. The quantitative estimate of drug-likeness (QED) is 0.724. The van der Waals surface area contributed by atoms with Gasteiger partial charge in [0.1, 0.15) is 0 Å². The number of hydrogen-bond donors (Lipinski definition) is 2. The third-order valence-corrected chi connectivity index (χ3v) is 1.55. The average Bonchev–Trinajstić information content (AvgIpc) is 2.33. The number of rotatable bonds is 3. The van der Waals surface area contributed by atoms with Gasteiger partial charge >= 0.3 is 0 Å². The first-order valence-corrected chi connectivity index (χ1v) is 4.38. The standard InChI is InChI=1S/C9H15N3O/c1-6(2)10-9(13)5-8-4-7(3)11-12-8/h4,6H,5H2,1-3H3,(H,10,13)(H,11,12). The predicted octanol–water partition coefficient (Wildman–Crippen LogP) is 0.785. The van der Waals surface area contributed by atoms with E-state index in [4.69, 9.17) is 0 Å². The summed E-state index contributed by atoms with van der Waals surface area (Å²) in [6.07, 6.45) is 0.350. The van der Waals surface area contributed by atoms with Crippen molar-refractivity contribution in [3.63, 3.8) is 0 Å². The second-order valence-electron chi connectivity index (χ2n) is 3.44. The number of nitrogens with one attached hydrogen (secondary N) is 2. The number of H-pyrrole nitrogens is 1. The van der Waals surface area contributed by atoms with Gasteiger partial charge < -0.3 is 5.32 Å². The first-order valence-electron chi connectivity index (χ1n) is 4.38. The van der Waals surface area contributed by atoms with Gasteiger partial charge in [0.2, 0.25) is 5.91 Å². The number of aromatic amines is 1. The third kappa shape index (κ3) is 3.27. The van der Waals surface area contributed by atoms with Gasteiger partial charge in [-0.3, -0.25) is 9.89 Å². The molecular formula is C9H15N3O. The van der Waals surface area contributed by atoms with Crippen molar-refractivity contribution < 1.29 is 4.79 Å². The highest BCUT2D eigenvalue weighted by molar-refractivity contribution is 5.78. The van der Waals surface area contributed by atoms with E-state index in [9.17, 15) is 4.79 Å². The monoisotopic (exact) mass is 181 g/mol. The third-order valence-electron chi connectivity index (χ3n) is 1.55. The van der Waals surface area contributed by atoms with Crippen LogP contribution in [0, 0.1) is 6.92 Å². The van der Waals surface area contributed by atoms with Gasteiger partial charge in [-0.25, -0.2) is 0 Å². The lowest BCUT2D eigenvalue weighted by atomic mass is 10.2. The fourth-order valence-electron chi connectivity index (χ4n) is 1.10. The van der Waals surface area contributed by atoms with E-state index >= 15 is 0 Å². The SMILES string of the molecule is Cc1cc(CC(=O)NC(C)C)n[nH]1. The summed E-state index contributed by atoms with van der Waals surface area (Å²) in [5, 5.41) is 9.58. The molecule has 1 rings (SSSR count). The molecule has 13 heavy (non-hydrogen) atoms. The maximum Gasteiger partial charge on any atom is 0.226 e. The lowest BCUT2D eigenvalue weighted by Gasteiger charge is -2.06. The lowest BCUT2D eigenvalue weighted by molar-refractivity contribution is -0.120. The Morgan fingerprint density at radius 3 is 2.85 bits per heavy atom. The normalized spacial score (nSPS) is 10.5. The number of nitrogens with zero attached hydrogens (tertiary/aromatic N) is 1. The minimum absolute atomic E-state index is 0.0153. The molecule has 1 heterocycles. The molecule has 72 valence electrons. The maximum atomic E-state index is 11.3. The van der Waals surface area contributed by atoms with Crippen LogP contribution in [0.5, 0.6) is 0 Å². The molecule has 0 saturated heterocycles. The molecule has 1 aromatic heterocycles. The largest absolute Gasteiger partial charge is 0.354 e. The van der Waals surface area contributed by atoms with Crippen molar-refractivity contribution in [2.45, 2.75) is 33.2 Å². The first-order chi connectivity index (χ1) is 6.08. The number of carbonyl (C=O) groups excluding carboxylic acids is 1. The molecule has 0 saturated carbocycles. The molecule has 0 fully saturated rings. The van der Waals surface area contributed by atoms with Crippen LogP contribution < -0.4 is 5.32 Å². The minimum atomic E-state index is 0.0153. The fourth-order valence-corrected chi connectivity index (χ4v) is 1.10. The van der Waals surface area contributed by atoms with E-state index in [-0.39, 0.29) is 11.9 Å². The summed E-state index contributed by atoms with van der Waals surface area (Å²) in [6, 6.07) is 2.06. The van der Waals surface area contributed by atoms with Crippen LogP contribution in [0.4, 0.5) is 0 Å². The Hall–Kier alpha value is -1.32. The summed E-state index contributed by atoms with van der Waals surface area (Å²) in [7, 11) is 0. The van der Waals surface area contributed by atoms with Gasteiger partial charge in [-0.1, -0.05) is 0 Å². The molecule has 1 aromatic rings. The summed E-state index contributed by atoms with van der Waals surface area (Å²) in [5.74, 6) is 0.0153. The van der Waals surface area contributed by atoms with Gasteiger partial charge in [0.05, 0.1) is 12.1 Å². The van der Waals surface area contributed by atoms with Crippen molar-refractivity contribution in [2.75, 3.05) is 0 Å². The summed E-state index contributed by atoms with van der Waals surface area (Å²) >= 11 is 0. The fraction of sp³-hybridized carbons (Fsp3) is 0.556.